The van der Waals surface area contributed by atoms with Gasteiger partial charge >= 0.3 is 12.1 Å². The van der Waals surface area contributed by atoms with Gasteiger partial charge in [-0.15, -0.1) is 0 Å². The molecule has 0 aliphatic carbocycles. The molecular formula is C24H18F3NO2. The van der Waals surface area contributed by atoms with E-state index >= 15 is 0 Å². The third kappa shape index (κ3) is 3.56. The van der Waals surface area contributed by atoms with E-state index in [1.54, 1.807) is 25.1 Å². The van der Waals surface area contributed by atoms with Crippen LogP contribution in [0.5, 0.6) is 0 Å². The summed E-state index contributed by atoms with van der Waals surface area (Å²) in [6.07, 6.45) is -2.46. The Kier molecular flexibility index (Phi) is 4.86. The summed E-state index contributed by atoms with van der Waals surface area (Å²) in [5.41, 5.74) is 2.76. The van der Waals surface area contributed by atoms with Crippen molar-refractivity contribution in [2.24, 2.45) is 0 Å². The van der Waals surface area contributed by atoms with Crippen LogP contribution in [-0.4, -0.2) is 15.6 Å². The van der Waals surface area contributed by atoms with Crippen LogP contribution < -0.4 is 0 Å². The van der Waals surface area contributed by atoms with Crippen LogP contribution >= 0.6 is 0 Å². The van der Waals surface area contributed by atoms with Crippen LogP contribution in [0.4, 0.5) is 13.2 Å². The third-order valence-corrected chi connectivity index (χ3v) is 5.27. The molecule has 0 amide bonds. The molecule has 0 aliphatic rings. The van der Waals surface area contributed by atoms with Gasteiger partial charge in [0.2, 0.25) is 0 Å². The lowest BCUT2D eigenvalue weighted by atomic mass is 9.95. The monoisotopic (exact) mass is 409 g/mol. The minimum atomic E-state index is -4.42. The van der Waals surface area contributed by atoms with Gasteiger partial charge in [0, 0.05) is 23.7 Å². The Balaban J connectivity index is 1.84. The topological polar surface area (TPSA) is 42.2 Å². The van der Waals surface area contributed by atoms with Crippen molar-refractivity contribution in [1.29, 1.82) is 0 Å². The fourth-order valence-corrected chi connectivity index (χ4v) is 3.76. The Labute approximate surface area is 171 Å². The van der Waals surface area contributed by atoms with Crippen LogP contribution in [0.2, 0.25) is 0 Å². The van der Waals surface area contributed by atoms with Gasteiger partial charge in [-0.2, -0.15) is 13.2 Å². The van der Waals surface area contributed by atoms with E-state index in [0.29, 0.717) is 5.56 Å². The van der Waals surface area contributed by atoms with Crippen molar-refractivity contribution in [3.05, 3.63) is 101 Å². The highest BCUT2D eigenvalue weighted by Gasteiger charge is 2.33. The summed E-state index contributed by atoms with van der Waals surface area (Å²) in [5, 5.41) is 9.96. The zero-order valence-electron chi connectivity index (χ0n) is 16.1. The number of rotatable bonds is 4. The SMILES string of the molecule is Cc1cccc(C(F)(F)F)c1Cc1cn(-c2ccc(C(=O)O)cc2)c2ccccc12. The highest BCUT2D eigenvalue weighted by molar-refractivity contribution is 5.89. The number of carboxylic acids is 1. The van der Waals surface area contributed by atoms with Crippen molar-refractivity contribution in [2.75, 3.05) is 0 Å². The Morgan fingerprint density at radius 2 is 1.67 bits per heavy atom. The van der Waals surface area contributed by atoms with Crippen LogP contribution in [0.3, 0.4) is 0 Å². The van der Waals surface area contributed by atoms with Gasteiger partial charge in [0.1, 0.15) is 0 Å². The average Bonchev–Trinajstić information content (AvgIpc) is 3.07. The van der Waals surface area contributed by atoms with E-state index in [-0.39, 0.29) is 17.5 Å². The number of alkyl halides is 3. The molecule has 1 N–H and O–H groups in total. The van der Waals surface area contributed by atoms with Gasteiger partial charge in [-0.1, -0.05) is 30.3 Å². The number of hydrogen-bond donors (Lipinski definition) is 1. The molecule has 0 fully saturated rings. The van der Waals surface area contributed by atoms with Gasteiger partial charge in [0.15, 0.2) is 0 Å². The van der Waals surface area contributed by atoms with Crippen molar-refractivity contribution >= 4 is 16.9 Å². The number of hydrogen-bond acceptors (Lipinski definition) is 1. The molecule has 0 saturated carbocycles. The Morgan fingerprint density at radius 1 is 0.967 bits per heavy atom. The number of para-hydroxylation sites is 1. The van der Waals surface area contributed by atoms with Crippen molar-refractivity contribution in [3.8, 4) is 5.69 Å². The summed E-state index contributed by atoms with van der Waals surface area (Å²) in [6, 6.07) is 18.1. The number of aryl methyl sites for hydroxylation is 1. The minimum absolute atomic E-state index is 0.141. The fourth-order valence-electron chi connectivity index (χ4n) is 3.76. The molecule has 1 aromatic heterocycles. The molecule has 3 nitrogen and oxygen atoms in total. The number of halogens is 3. The maximum absolute atomic E-state index is 13.6. The number of benzene rings is 3. The molecule has 0 aliphatic heterocycles. The molecule has 152 valence electrons. The predicted octanol–water partition coefficient (Wildman–Crippen LogP) is 6.25. The van der Waals surface area contributed by atoms with E-state index in [0.717, 1.165) is 28.2 Å². The van der Waals surface area contributed by atoms with Gasteiger partial charge in [0.05, 0.1) is 16.6 Å². The lowest BCUT2D eigenvalue weighted by molar-refractivity contribution is -0.138. The maximum atomic E-state index is 13.6. The number of fused-ring (bicyclic) bond motifs is 1. The first-order valence-corrected chi connectivity index (χ1v) is 9.34. The normalized spacial score (nSPS) is 11.7. The van der Waals surface area contributed by atoms with E-state index in [1.165, 1.54) is 18.2 Å². The number of aromatic nitrogens is 1. The lowest BCUT2D eigenvalue weighted by Gasteiger charge is -2.15. The Bertz CT molecular complexity index is 1240. The van der Waals surface area contributed by atoms with E-state index in [9.17, 15) is 18.0 Å². The van der Waals surface area contributed by atoms with Gasteiger partial charge in [-0.05, 0) is 60.0 Å². The highest BCUT2D eigenvalue weighted by atomic mass is 19.4. The largest absolute Gasteiger partial charge is 0.478 e. The van der Waals surface area contributed by atoms with E-state index in [1.807, 2.05) is 35.0 Å². The third-order valence-electron chi connectivity index (χ3n) is 5.27. The molecule has 3 aromatic carbocycles. The van der Waals surface area contributed by atoms with Gasteiger partial charge in [-0.25, -0.2) is 4.79 Å². The molecule has 4 aromatic rings. The molecule has 1 heterocycles. The van der Waals surface area contributed by atoms with Crippen LogP contribution in [-0.2, 0) is 12.6 Å². The zero-order valence-corrected chi connectivity index (χ0v) is 16.1. The van der Waals surface area contributed by atoms with Gasteiger partial charge in [-0.3, -0.25) is 0 Å². The molecule has 0 atom stereocenters. The molecule has 0 radical (unpaired) electrons. The molecular weight excluding hydrogens is 391 g/mol. The van der Waals surface area contributed by atoms with E-state index in [2.05, 4.69) is 0 Å². The summed E-state index contributed by atoms with van der Waals surface area (Å²) in [7, 11) is 0. The second-order valence-corrected chi connectivity index (χ2v) is 7.17. The summed E-state index contributed by atoms with van der Waals surface area (Å²) < 4.78 is 42.6. The van der Waals surface area contributed by atoms with Crippen molar-refractivity contribution in [1.82, 2.24) is 4.57 Å². The summed E-state index contributed by atoms with van der Waals surface area (Å²) in [4.78, 5) is 11.1. The second-order valence-electron chi connectivity index (χ2n) is 7.17. The van der Waals surface area contributed by atoms with Crippen molar-refractivity contribution < 1.29 is 23.1 Å². The standard InChI is InChI=1S/C24H18F3NO2/c1-15-5-4-7-21(24(25,26)27)20(15)13-17-14-28(22-8-3-2-6-19(17)22)18-11-9-16(10-12-18)23(29)30/h2-12,14H,13H2,1H3,(H,29,30). The fraction of sp³-hybridized carbons (Fsp3) is 0.125. The first kappa shape index (κ1) is 19.8. The first-order chi connectivity index (χ1) is 14.3. The molecule has 0 spiro atoms. The summed E-state index contributed by atoms with van der Waals surface area (Å²) in [6.45, 7) is 1.69. The number of carboxylic acid groups (broad SMARTS) is 1. The molecule has 30 heavy (non-hydrogen) atoms. The number of carbonyl (C=O) groups is 1. The van der Waals surface area contributed by atoms with E-state index in [4.69, 9.17) is 5.11 Å². The van der Waals surface area contributed by atoms with E-state index < -0.39 is 17.7 Å². The van der Waals surface area contributed by atoms with Gasteiger partial charge < -0.3 is 9.67 Å². The zero-order chi connectivity index (χ0) is 21.5. The molecule has 0 bridgehead atoms. The molecule has 0 unspecified atom stereocenters. The van der Waals surface area contributed by atoms with Crippen LogP contribution in [0.15, 0.2) is 72.9 Å². The average molecular weight is 409 g/mol. The molecule has 4 rings (SSSR count). The van der Waals surface area contributed by atoms with Crippen molar-refractivity contribution in [3.63, 3.8) is 0 Å². The van der Waals surface area contributed by atoms with Gasteiger partial charge in [0.25, 0.3) is 0 Å². The van der Waals surface area contributed by atoms with Crippen molar-refractivity contribution in [2.45, 2.75) is 19.5 Å². The Morgan fingerprint density at radius 3 is 2.33 bits per heavy atom. The lowest BCUT2D eigenvalue weighted by Crippen LogP contribution is -2.10. The highest BCUT2D eigenvalue weighted by Crippen LogP contribution is 2.36. The molecule has 6 heteroatoms. The maximum Gasteiger partial charge on any atom is 0.416 e. The predicted molar refractivity (Wildman–Crippen MR) is 109 cm³/mol. The quantitative estimate of drug-likeness (QED) is 0.433. The smallest absolute Gasteiger partial charge is 0.416 e. The Hall–Kier alpha value is -3.54. The molecule has 0 saturated heterocycles. The number of nitrogens with zero attached hydrogens (tertiary/aromatic N) is 1. The van der Waals surface area contributed by atoms with Crippen LogP contribution in [0, 0.1) is 6.92 Å². The summed E-state index contributed by atoms with van der Waals surface area (Å²) in [5.74, 6) is -1.01. The number of aromatic carboxylic acids is 1. The second kappa shape index (κ2) is 7.37. The van der Waals surface area contributed by atoms with Crippen LogP contribution in [0.25, 0.3) is 16.6 Å². The van der Waals surface area contributed by atoms with Crippen LogP contribution in [0.1, 0.15) is 32.6 Å². The minimum Gasteiger partial charge on any atom is -0.478 e. The first-order valence-electron chi connectivity index (χ1n) is 9.34. The summed E-state index contributed by atoms with van der Waals surface area (Å²) >= 11 is 0.